The van der Waals surface area contributed by atoms with Crippen molar-refractivity contribution in [3.63, 3.8) is 0 Å². The van der Waals surface area contributed by atoms with Crippen molar-refractivity contribution >= 4 is 39.4 Å². The van der Waals surface area contributed by atoms with E-state index in [2.05, 4.69) is 15.9 Å². The van der Waals surface area contributed by atoms with Gasteiger partial charge in [0.05, 0.1) is 11.6 Å². The molecule has 3 rings (SSSR count). The fourth-order valence-electron chi connectivity index (χ4n) is 3.42. The maximum Gasteiger partial charge on any atom is 0.308 e. The van der Waals surface area contributed by atoms with Gasteiger partial charge in [0, 0.05) is 24.1 Å². The molecule has 0 radical (unpaired) electrons. The van der Waals surface area contributed by atoms with Gasteiger partial charge in [-0.1, -0.05) is 12.1 Å². The number of piperidine rings is 1. The van der Waals surface area contributed by atoms with Gasteiger partial charge in [0.2, 0.25) is 11.8 Å². The fraction of sp³-hybridized carbons (Fsp3) is 0.471. The number of likely N-dealkylation sites (tertiary alicyclic amines) is 1. The summed E-state index contributed by atoms with van der Waals surface area (Å²) in [5.41, 5.74) is 0.764. The van der Waals surface area contributed by atoms with Crippen molar-refractivity contribution < 1.29 is 19.5 Å². The van der Waals surface area contributed by atoms with Crippen molar-refractivity contribution in [2.45, 2.75) is 19.3 Å². The number of para-hydroxylation sites is 1. The first kappa shape index (κ1) is 17.0. The molecule has 0 unspecified atom stereocenters. The van der Waals surface area contributed by atoms with E-state index in [1.165, 1.54) is 0 Å². The first-order chi connectivity index (χ1) is 11.5. The number of halogens is 1. The van der Waals surface area contributed by atoms with Crippen LogP contribution in [-0.2, 0) is 14.4 Å². The average Bonchev–Trinajstić information content (AvgIpc) is 2.96. The van der Waals surface area contributed by atoms with Gasteiger partial charge in [-0.25, -0.2) is 0 Å². The number of hydrogen-bond donors (Lipinski definition) is 1. The van der Waals surface area contributed by atoms with Gasteiger partial charge in [0.25, 0.3) is 0 Å². The molecule has 128 valence electrons. The van der Waals surface area contributed by atoms with E-state index in [-0.39, 0.29) is 18.4 Å². The van der Waals surface area contributed by atoms with Crippen LogP contribution in [-0.4, -0.2) is 47.4 Å². The Labute approximate surface area is 148 Å². The SMILES string of the molecule is O=C(O)[C@H]1CCCN(C(=O)[C@@H]2CCN(c3ccccc3Br)C2=O)C1. The quantitative estimate of drug-likeness (QED) is 0.796. The van der Waals surface area contributed by atoms with E-state index in [9.17, 15) is 14.4 Å². The number of hydrogen-bond acceptors (Lipinski definition) is 3. The Morgan fingerprint density at radius 2 is 1.92 bits per heavy atom. The topological polar surface area (TPSA) is 77.9 Å². The molecular weight excluding hydrogens is 376 g/mol. The summed E-state index contributed by atoms with van der Waals surface area (Å²) >= 11 is 3.44. The normalized spacial score (nSPS) is 24.3. The molecule has 0 saturated carbocycles. The molecule has 2 heterocycles. The van der Waals surface area contributed by atoms with Crippen molar-refractivity contribution in [3.05, 3.63) is 28.7 Å². The van der Waals surface area contributed by atoms with Crippen molar-refractivity contribution in [3.8, 4) is 0 Å². The minimum atomic E-state index is -0.875. The summed E-state index contributed by atoms with van der Waals surface area (Å²) in [6.07, 6.45) is 1.71. The molecule has 2 saturated heterocycles. The highest BCUT2D eigenvalue weighted by atomic mass is 79.9. The summed E-state index contributed by atoms with van der Waals surface area (Å²) in [6.45, 7) is 1.22. The smallest absolute Gasteiger partial charge is 0.308 e. The Kier molecular flexibility index (Phi) is 4.89. The summed E-state index contributed by atoms with van der Waals surface area (Å²) in [7, 11) is 0. The van der Waals surface area contributed by atoms with Crippen molar-refractivity contribution in [2.24, 2.45) is 11.8 Å². The van der Waals surface area contributed by atoms with Crippen LogP contribution in [0.25, 0.3) is 0 Å². The molecule has 1 aromatic carbocycles. The highest BCUT2D eigenvalue weighted by Crippen LogP contribution is 2.32. The van der Waals surface area contributed by atoms with E-state index < -0.39 is 17.8 Å². The fourth-order valence-corrected chi connectivity index (χ4v) is 3.92. The van der Waals surface area contributed by atoms with Crippen LogP contribution in [0, 0.1) is 11.8 Å². The number of carboxylic acid groups (broad SMARTS) is 1. The minimum absolute atomic E-state index is 0.201. The van der Waals surface area contributed by atoms with Gasteiger partial charge >= 0.3 is 5.97 Å². The van der Waals surface area contributed by atoms with Crippen LogP contribution in [0.2, 0.25) is 0 Å². The maximum absolute atomic E-state index is 12.7. The third kappa shape index (κ3) is 3.17. The largest absolute Gasteiger partial charge is 0.481 e. The molecule has 1 N–H and O–H groups in total. The summed E-state index contributed by atoms with van der Waals surface area (Å²) < 4.78 is 0.815. The minimum Gasteiger partial charge on any atom is -0.481 e. The van der Waals surface area contributed by atoms with Gasteiger partial charge in [0.15, 0.2) is 0 Å². The molecule has 2 amide bonds. The molecule has 2 fully saturated rings. The van der Waals surface area contributed by atoms with E-state index in [0.29, 0.717) is 32.4 Å². The van der Waals surface area contributed by atoms with Crippen LogP contribution >= 0.6 is 15.9 Å². The second-order valence-corrected chi connectivity index (χ2v) is 7.10. The van der Waals surface area contributed by atoms with Crippen LogP contribution in [0.4, 0.5) is 5.69 Å². The number of nitrogens with zero attached hydrogens (tertiary/aromatic N) is 2. The van der Waals surface area contributed by atoms with Crippen molar-refractivity contribution in [2.75, 3.05) is 24.5 Å². The molecule has 6 nitrogen and oxygen atoms in total. The zero-order valence-corrected chi connectivity index (χ0v) is 14.7. The Morgan fingerprint density at radius 1 is 1.17 bits per heavy atom. The highest BCUT2D eigenvalue weighted by Gasteiger charge is 2.41. The monoisotopic (exact) mass is 394 g/mol. The van der Waals surface area contributed by atoms with Crippen LogP contribution in [0.3, 0.4) is 0 Å². The Hall–Kier alpha value is -1.89. The number of amides is 2. The van der Waals surface area contributed by atoms with E-state index in [0.717, 1.165) is 10.2 Å². The molecule has 0 aliphatic carbocycles. The predicted octanol–water partition coefficient (Wildman–Crippen LogP) is 2.13. The van der Waals surface area contributed by atoms with Gasteiger partial charge in [0.1, 0.15) is 5.92 Å². The molecule has 0 spiro atoms. The molecule has 24 heavy (non-hydrogen) atoms. The van der Waals surface area contributed by atoms with E-state index in [1.807, 2.05) is 24.3 Å². The van der Waals surface area contributed by atoms with E-state index >= 15 is 0 Å². The van der Waals surface area contributed by atoms with Gasteiger partial charge in [-0.05, 0) is 47.3 Å². The summed E-state index contributed by atoms with van der Waals surface area (Å²) in [6, 6.07) is 7.43. The lowest BCUT2D eigenvalue weighted by Gasteiger charge is -2.32. The second-order valence-electron chi connectivity index (χ2n) is 6.24. The zero-order valence-electron chi connectivity index (χ0n) is 13.2. The Morgan fingerprint density at radius 3 is 2.62 bits per heavy atom. The van der Waals surface area contributed by atoms with Gasteiger partial charge in [-0.3, -0.25) is 14.4 Å². The molecule has 7 heteroatoms. The number of aliphatic carboxylic acids is 1. The molecular formula is C17H19BrN2O4. The number of carbonyl (C=O) groups excluding carboxylic acids is 2. The Bertz CT molecular complexity index is 678. The summed E-state index contributed by atoms with van der Waals surface area (Å²) in [4.78, 5) is 39.8. The number of carbonyl (C=O) groups is 3. The van der Waals surface area contributed by atoms with Gasteiger partial charge in [-0.2, -0.15) is 0 Å². The number of anilines is 1. The van der Waals surface area contributed by atoms with Crippen LogP contribution in [0.5, 0.6) is 0 Å². The first-order valence-corrected chi connectivity index (χ1v) is 8.86. The lowest BCUT2D eigenvalue weighted by Crippen LogP contribution is -2.46. The third-order valence-corrected chi connectivity index (χ3v) is 5.40. The summed E-state index contributed by atoms with van der Waals surface area (Å²) in [5, 5.41) is 9.16. The second kappa shape index (κ2) is 6.93. The number of benzene rings is 1. The molecule has 1 aromatic rings. The molecule has 0 bridgehead atoms. The zero-order chi connectivity index (χ0) is 17.3. The van der Waals surface area contributed by atoms with E-state index in [1.54, 1.807) is 9.80 Å². The average molecular weight is 395 g/mol. The molecule has 2 atom stereocenters. The van der Waals surface area contributed by atoms with Crippen molar-refractivity contribution in [1.82, 2.24) is 4.90 Å². The first-order valence-electron chi connectivity index (χ1n) is 8.06. The van der Waals surface area contributed by atoms with Gasteiger partial charge in [-0.15, -0.1) is 0 Å². The van der Waals surface area contributed by atoms with Crippen molar-refractivity contribution in [1.29, 1.82) is 0 Å². The van der Waals surface area contributed by atoms with Gasteiger partial charge < -0.3 is 14.9 Å². The van der Waals surface area contributed by atoms with Crippen LogP contribution < -0.4 is 4.90 Å². The number of carboxylic acids is 1. The third-order valence-electron chi connectivity index (χ3n) is 4.73. The predicted molar refractivity (Wildman–Crippen MR) is 91.5 cm³/mol. The number of rotatable bonds is 3. The lowest BCUT2D eigenvalue weighted by atomic mass is 9.96. The molecule has 2 aliphatic rings. The highest BCUT2D eigenvalue weighted by molar-refractivity contribution is 9.10. The molecule has 0 aromatic heterocycles. The molecule has 2 aliphatic heterocycles. The Balaban J connectivity index is 1.72. The summed E-state index contributed by atoms with van der Waals surface area (Å²) in [5.74, 6) is -2.55. The van der Waals surface area contributed by atoms with E-state index in [4.69, 9.17) is 5.11 Å². The maximum atomic E-state index is 12.7. The standard InChI is InChI=1S/C17H19BrN2O4/c18-13-5-1-2-6-14(13)20-9-7-12(16(20)22)15(21)19-8-3-4-11(10-19)17(23)24/h1-2,5-6,11-12H,3-4,7-10H2,(H,23,24)/t11-,12-/m0/s1. The van der Waals surface area contributed by atoms with Crippen LogP contribution in [0.1, 0.15) is 19.3 Å². The lowest BCUT2D eigenvalue weighted by molar-refractivity contribution is -0.147. The van der Waals surface area contributed by atoms with Crippen LogP contribution in [0.15, 0.2) is 28.7 Å².